The molecule has 18 heavy (non-hydrogen) atoms. The van der Waals surface area contributed by atoms with Gasteiger partial charge < -0.3 is 0 Å². The van der Waals surface area contributed by atoms with E-state index in [1.54, 1.807) is 0 Å². The Balaban J connectivity index is 2.14. The molecule has 0 bridgehead atoms. The second kappa shape index (κ2) is 3.72. The topological polar surface area (TPSA) is 0 Å². The van der Waals surface area contributed by atoms with Crippen LogP contribution in [0, 0.1) is 11.8 Å². The highest BCUT2D eigenvalue weighted by Gasteiger charge is 2.62. The smallest absolute Gasteiger partial charge is 0.0791 e. The standard InChI is InChI=1S/C16H28Si2/c1-11-10-12(2)16-15(11)17(3,4)13-8-7-9-14(13)18(16,5)6/h7-9,11-13,15-16H,10H2,1-6H3. The van der Waals surface area contributed by atoms with E-state index in [1.807, 2.05) is 5.20 Å². The Morgan fingerprint density at radius 1 is 1.00 bits per heavy atom. The second-order valence-electron chi connectivity index (χ2n) is 8.27. The molecule has 1 saturated carbocycles. The molecule has 0 N–H and O–H groups in total. The van der Waals surface area contributed by atoms with Crippen molar-refractivity contribution in [2.75, 3.05) is 0 Å². The second-order valence-corrected chi connectivity index (χ2v) is 17.9. The Morgan fingerprint density at radius 2 is 1.61 bits per heavy atom. The minimum atomic E-state index is -1.21. The number of rotatable bonds is 0. The number of hydrogen-bond acceptors (Lipinski definition) is 0. The van der Waals surface area contributed by atoms with Gasteiger partial charge in [0.05, 0.1) is 16.1 Å². The van der Waals surface area contributed by atoms with Crippen molar-refractivity contribution in [2.24, 2.45) is 11.8 Å². The van der Waals surface area contributed by atoms with E-state index in [-0.39, 0.29) is 0 Å². The molecule has 0 amide bonds. The van der Waals surface area contributed by atoms with Crippen LogP contribution in [-0.4, -0.2) is 16.1 Å². The molecule has 5 atom stereocenters. The van der Waals surface area contributed by atoms with Crippen LogP contribution in [0.5, 0.6) is 0 Å². The van der Waals surface area contributed by atoms with Crippen molar-refractivity contribution in [1.29, 1.82) is 0 Å². The summed E-state index contributed by atoms with van der Waals surface area (Å²) in [5, 5.41) is 1.90. The zero-order valence-corrected chi connectivity index (χ0v) is 14.8. The molecule has 1 aliphatic heterocycles. The van der Waals surface area contributed by atoms with Gasteiger partial charge in [-0.25, -0.2) is 0 Å². The summed E-state index contributed by atoms with van der Waals surface area (Å²) in [6.07, 6.45) is 8.94. The van der Waals surface area contributed by atoms with Gasteiger partial charge in [0.1, 0.15) is 0 Å². The molecule has 5 unspecified atom stereocenters. The van der Waals surface area contributed by atoms with Gasteiger partial charge in [0.25, 0.3) is 0 Å². The molecular weight excluding hydrogens is 248 g/mol. The average molecular weight is 277 g/mol. The lowest BCUT2D eigenvalue weighted by Crippen LogP contribution is -2.55. The Morgan fingerprint density at radius 3 is 2.28 bits per heavy atom. The highest BCUT2D eigenvalue weighted by atomic mass is 28.3. The van der Waals surface area contributed by atoms with Crippen LogP contribution in [0.4, 0.5) is 0 Å². The zero-order valence-electron chi connectivity index (χ0n) is 12.8. The molecule has 0 aromatic carbocycles. The van der Waals surface area contributed by atoms with E-state index in [9.17, 15) is 0 Å². The summed E-state index contributed by atoms with van der Waals surface area (Å²) in [5.74, 6) is 1.95. The zero-order chi connectivity index (χ0) is 13.3. The number of hydrogen-bond donors (Lipinski definition) is 0. The van der Waals surface area contributed by atoms with Gasteiger partial charge in [-0.1, -0.05) is 63.5 Å². The summed E-state index contributed by atoms with van der Waals surface area (Å²) >= 11 is 0. The van der Waals surface area contributed by atoms with Gasteiger partial charge in [0.15, 0.2) is 0 Å². The van der Waals surface area contributed by atoms with Gasteiger partial charge in [0, 0.05) is 0 Å². The molecule has 2 heteroatoms. The fraction of sp³-hybridized carbons (Fsp3) is 0.750. The first-order chi connectivity index (χ1) is 8.28. The highest BCUT2D eigenvalue weighted by Crippen LogP contribution is 2.67. The van der Waals surface area contributed by atoms with Gasteiger partial charge in [-0.3, -0.25) is 0 Å². The van der Waals surface area contributed by atoms with Gasteiger partial charge >= 0.3 is 0 Å². The molecule has 0 radical (unpaired) electrons. The normalized spacial score (nSPS) is 47.7. The monoisotopic (exact) mass is 276 g/mol. The summed E-state index contributed by atoms with van der Waals surface area (Å²) in [4.78, 5) is 0. The molecule has 0 aromatic heterocycles. The molecule has 3 rings (SSSR count). The Hall–Kier alpha value is -0.0862. The Labute approximate surface area is 115 Å². The summed E-state index contributed by atoms with van der Waals surface area (Å²) < 4.78 is 0. The van der Waals surface area contributed by atoms with Crippen LogP contribution in [0.1, 0.15) is 20.3 Å². The van der Waals surface area contributed by atoms with Gasteiger partial charge in [0.2, 0.25) is 0 Å². The van der Waals surface area contributed by atoms with E-state index in [0.717, 1.165) is 28.5 Å². The molecular formula is C16H28Si2. The molecule has 2 aliphatic carbocycles. The quantitative estimate of drug-likeness (QED) is 0.531. The Bertz CT molecular complexity index is 430. The molecule has 1 saturated heterocycles. The first kappa shape index (κ1) is 12.9. The highest BCUT2D eigenvalue weighted by molar-refractivity contribution is 6.95. The van der Waals surface area contributed by atoms with Crippen LogP contribution < -0.4 is 0 Å². The van der Waals surface area contributed by atoms with Crippen molar-refractivity contribution in [1.82, 2.24) is 0 Å². The van der Waals surface area contributed by atoms with Crippen LogP contribution in [0.15, 0.2) is 23.4 Å². The van der Waals surface area contributed by atoms with E-state index < -0.39 is 16.1 Å². The van der Waals surface area contributed by atoms with Crippen molar-refractivity contribution in [3.63, 3.8) is 0 Å². The third kappa shape index (κ3) is 1.42. The summed E-state index contributed by atoms with van der Waals surface area (Å²) in [5.41, 5.74) is 3.03. The molecule has 0 aromatic rings. The van der Waals surface area contributed by atoms with Gasteiger partial charge in [-0.15, -0.1) is 0 Å². The molecule has 0 spiro atoms. The van der Waals surface area contributed by atoms with Crippen LogP contribution in [0.25, 0.3) is 0 Å². The maximum Gasteiger partial charge on any atom is 0.0791 e. The van der Waals surface area contributed by atoms with Crippen LogP contribution in [-0.2, 0) is 0 Å². The SMILES string of the molecule is CC1CC(C)C2C1[Si](C)(C)C1=CC=CC1[Si]2(C)C. The predicted molar refractivity (Wildman–Crippen MR) is 86.4 cm³/mol. The number of fused-ring (bicyclic) bond motifs is 2. The Kier molecular flexibility index (Phi) is 2.67. The van der Waals surface area contributed by atoms with Crippen molar-refractivity contribution >= 4 is 16.1 Å². The van der Waals surface area contributed by atoms with Crippen molar-refractivity contribution in [3.8, 4) is 0 Å². The fourth-order valence-electron chi connectivity index (χ4n) is 6.09. The maximum atomic E-state index is 2.68. The minimum Gasteiger partial charge on any atom is -0.0805 e. The first-order valence-electron chi connectivity index (χ1n) is 7.66. The van der Waals surface area contributed by atoms with E-state index in [1.165, 1.54) is 6.42 Å². The third-order valence-electron chi connectivity index (χ3n) is 6.51. The molecule has 100 valence electrons. The van der Waals surface area contributed by atoms with Crippen molar-refractivity contribution in [2.45, 2.75) is 63.1 Å². The molecule has 1 heterocycles. The van der Waals surface area contributed by atoms with Crippen LogP contribution in [0.2, 0.25) is 42.8 Å². The minimum absolute atomic E-state index is 0.883. The predicted octanol–water partition coefficient (Wildman–Crippen LogP) is 5.24. The first-order valence-corrected chi connectivity index (χ1v) is 13.9. The lowest BCUT2D eigenvalue weighted by Gasteiger charge is -2.54. The summed E-state index contributed by atoms with van der Waals surface area (Å²) in [6.45, 7) is 15.8. The van der Waals surface area contributed by atoms with Crippen LogP contribution in [0.3, 0.4) is 0 Å². The average Bonchev–Trinajstić information content (AvgIpc) is 2.81. The largest absolute Gasteiger partial charge is 0.0805 e. The maximum absolute atomic E-state index is 2.68. The number of allylic oxidation sites excluding steroid dienone is 4. The van der Waals surface area contributed by atoms with E-state index in [2.05, 4.69) is 58.3 Å². The van der Waals surface area contributed by atoms with Crippen molar-refractivity contribution in [3.05, 3.63) is 23.4 Å². The molecule has 0 nitrogen and oxygen atoms in total. The van der Waals surface area contributed by atoms with Gasteiger partial charge in [-0.05, 0) is 34.9 Å². The van der Waals surface area contributed by atoms with Crippen LogP contribution >= 0.6 is 0 Å². The third-order valence-corrected chi connectivity index (χ3v) is 16.4. The fourth-order valence-corrected chi connectivity index (χ4v) is 20.2. The molecule has 2 fully saturated rings. The van der Waals surface area contributed by atoms with E-state index in [4.69, 9.17) is 0 Å². The summed E-state index contributed by atoms with van der Waals surface area (Å²) in [6, 6.07) is 0. The van der Waals surface area contributed by atoms with E-state index in [0.29, 0.717) is 0 Å². The lowest BCUT2D eigenvalue weighted by molar-refractivity contribution is 0.551. The summed E-state index contributed by atoms with van der Waals surface area (Å²) in [7, 11) is -2.38. The van der Waals surface area contributed by atoms with E-state index >= 15 is 0 Å². The van der Waals surface area contributed by atoms with Gasteiger partial charge in [-0.2, -0.15) is 0 Å². The molecule has 3 aliphatic rings. The lowest BCUT2D eigenvalue weighted by atomic mass is 10.1. The van der Waals surface area contributed by atoms with Crippen molar-refractivity contribution < 1.29 is 0 Å².